The topological polar surface area (TPSA) is 21.3 Å². The smallest absolute Gasteiger partial charge is 0.0635 e. The first kappa shape index (κ1) is 20.4. The van der Waals surface area contributed by atoms with Gasteiger partial charge < -0.3 is 10.1 Å². The molecule has 0 spiro atoms. The number of aryl methyl sites for hydroxylation is 1. The molecule has 0 amide bonds. The fourth-order valence-corrected chi connectivity index (χ4v) is 4.51. The molecule has 1 aliphatic heterocycles. The van der Waals surface area contributed by atoms with Crippen LogP contribution in [0.5, 0.6) is 0 Å². The predicted octanol–water partition coefficient (Wildman–Crippen LogP) is 6.22. The Kier molecular flexibility index (Phi) is 6.30. The third-order valence-corrected chi connectivity index (χ3v) is 6.18. The van der Waals surface area contributed by atoms with Crippen molar-refractivity contribution in [3.05, 3.63) is 70.2 Å². The summed E-state index contributed by atoms with van der Waals surface area (Å²) in [7, 11) is 0. The molecular weight excluding hydrogens is 354 g/mol. The molecule has 3 rings (SSSR count). The molecule has 0 radical (unpaired) electrons. The zero-order valence-corrected chi connectivity index (χ0v) is 17.8. The number of halogens is 1. The third kappa shape index (κ3) is 5.13. The van der Waals surface area contributed by atoms with Gasteiger partial charge in [-0.2, -0.15) is 0 Å². The lowest BCUT2D eigenvalue weighted by atomic mass is 9.67. The van der Waals surface area contributed by atoms with Gasteiger partial charge in [0.2, 0.25) is 0 Å². The van der Waals surface area contributed by atoms with Crippen LogP contribution in [-0.4, -0.2) is 18.8 Å². The highest BCUT2D eigenvalue weighted by Gasteiger charge is 2.41. The van der Waals surface area contributed by atoms with Crippen LogP contribution >= 0.6 is 11.6 Å². The van der Waals surface area contributed by atoms with Crippen molar-refractivity contribution in [2.45, 2.75) is 64.0 Å². The van der Waals surface area contributed by atoms with Crippen LogP contribution in [0.2, 0.25) is 5.02 Å². The summed E-state index contributed by atoms with van der Waals surface area (Å²) in [5.41, 5.74) is 4.13. The number of benzene rings is 2. The molecular formula is C24H32ClNO. The fourth-order valence-electron chi connectivity index (χ4n) is 4.39. The van der Waals surface area contributed by atoms with Crippen molar-refractivity contribution in [2.24, 2.45) is 0 Å². The summed E-state index contributed by atoms with van der Waals surface area (Å²) >= 11 is 6.01. The van der Waals surface area contributed by atoms with Crippen LogP contribution in [0.15, 0.2) is 48.5 Å². The van der Waals surface area contributed by atoms with E-state index in [9.17, 15) is 0 Å². The minimum Gasteiger partial charge on any atom is -0.376 e. The summed E-state index contributed by atoms with van der Waals surface area (Å²) in [5, 5.41) is 4.50. The second kappa shape index (κ2) is 8.34. The first-order chi connectivity index (χ1) is 12.8. The van der Waals surface area contributed by atoms with E-state index in [1.807, 2.05) is 12.1 Å². The SMILES string of the molecule is Cc1ccc([C@@]2(CCN[C@@H](C)c3ccc(Cl)cc3)CCOC(C)(C)C2)cc1. The Morgan fingerprint density at radius 2 is 1.74 bits per heavy atom. The lowest BCUT2D eigenvalue weighted by Gasteiger charge is -2.46. The summed E-state index contributed by atoms with van der Waals surface area (Å²) in [6.07, 6.45) is 3.25. The summed E-state index contributed by atoms with van der Waals surface area (Å²) < 4.78 is 6.04. The van der Waals surface area contributed by atoms with Crippen LogP contribution in [0.3, 0.4) is 0 Å². The number of hydrogen-bond donors (Lipinski definition) is 1. The van der Waals surface area contributed by atoms with Crippen LogP contribution in [0.1, 0.15) is 62.8 Å². The Hall–Kier alpha value is -1.35. The zero-order chi connectivity index (χ0) is 19.5. The lowest BCUT2D eigenvalue weighted by molar-refractivity contribution is -0.0840. The average molecular weight is 386 g/mol. The number of ether oxygens (including phenoxy) is 1. The second-order valence-electron chi connectivity index (χ2n) is 8.66. The maximum atomic E-state index is 6.04. The van der Waals surface area contributed by atoms with Crippen LogP contribution < -0.4 is 5.32 Å². The largest absolute Gasteiger partial charge is 0.376 e. The van der Waals surface area contributed by atoms with Crippen molar-refractivity contribution >= 4 is 11.6 Å². The molecule has 1 saturated heterocycles. The summed E-state index contributed by atoms with van der Waals surface area (Å²) in [6, 6.07) is 17.6. The van der Waals surface area contributed by atoms with Gasteiger partial charge in [-0.15, -0.1) is 0 Å². The molecule has 1 aliphatic rings. The lowest BCUT2D eigenvalue weighted by Crippen LogP contribution is -2.45. The van der Waals surface area contributed by atoms with Crippen LogP contribution in [-0.2, 0) is 10.2 Å². The summed E-state index contributed by atoms with van der Waals surface area (Å²) in [6.45, 7) is 10.6. The second-order valence-corrected chi connectivity index (χ2v) is 9.10. The Bertz CT molecular complexity index is 738. The maximum absolute atomic E-state index is 6.04. The van der Waals surface area contributed by atoms with E-state index in [1.54, 1.807) is 0 Å². The first-order valence-electron chi connectivity index (χ1n) is 10.00. The summed E-state index contributed by atoms with van der Waals surface area (Å²) in [4.78, 5) is 0. The van der Waals surface area contributed by atoms with Gasteiger partial charge in [-0.3, -0.25) is 0 Å². The van der Waals surface area contributed by atoms with Crippen molar-refractivity contribution in [3.63, 3.8) is 0 Å². The Morgan fingerprint density at radius 3 is 2.37 bits per heavy atom. The van der Waals surface area contributed by atoms with E-state index in [-0.39, 0.29) is 11.0 Å². The molecule has 2 aromatic rings. The van der Waals surface area contributed by atoms with Crippen LogP contribution in [0.4, 0.5) is 0 Å². The molecule has 0 aromatic heterocycles. The highest BCUT2D eigenvalue weighted by Crippen LogP contribution is 2.44. The van der Waals surface area contributed by atoms with E-state index in [2.05, 4.69) is 69.4 Å². The quantitative estimate of drug-likeness (QED) is 0.637. The van der Waals surface area contributed by atoms with Crippen molar-refractivity contribution in [2.75, 3.05) is 13.2 Å². The van der Waals surface area contributed by atoms with Crippen LogP contribution in [0.25, 0.3) is 0 Å². The minimum atomic E-state index is -0.0784. The molecule has 0 aliphatic carbocycles. The van der Waals surface area contributed by atoms with E-state index < -0.39 is 0 Å². The van der Waals surface area contributed by atoms with Gasteiger partial charge in [0, 0.05) is 23.1 Å². The number of nitrogens with one attached hydrogen (secondary N) is 1. The Morgan fingerprint density at radius 1 is 1.07 bits per heavy atom. The van der Waals surface area contributed by atoms with Crippen molar-refractivity contribution < 1.29 is 4.74 Å². The molecule has 146 valence electrons. The van der Waals surface area contributed by atoms with E-state index in [1.165, 1.54) is 16.7 Å². The van der Waals surface area contributed by atoms with E-state index in [0.717, 1.165) is 37.4 Å². The highest BCUT2D eigenvalue weighted by molar-refractivity contribution is 6.30. The molecule has 3 heteroatoms. The molecule has 2 aromatic carbocycles. The average Bonchev–Trinajstić information content (AvgIpc) is 2.62. The molecule has 1 fully saturated rings. The van der Waals surface area contributed by atoms with E-state index in [0.29, 0.717) is 6.04 Å². The molecule has 27 heavy (non-hydrogen) atoms. The van der Waals surface area contributed by atoms with E-state index >= 15 is 0 Å². The monoisotopic (exact) mass is 385 g/mol. The van der Waals surface area contributed by atoms with Gasteiger partial charge >= 0.3 is 0 Å². The maximum Gasteiger partial charge on any atom is 0.0635 e. The standard InChI is InChI=1S/C24H32ClNO/c1-18-5-9-21(10-6-18)24(14-16-27-23(3,4)17-24)13-15-26-19(2)20-7-11-22(25)12-8-20/h5-12,19,26H,13-17H2,1-4H3/t19-,24-/m0/s1. The molecule has 1 heterocycles. The molecule has 0 unspecified atom stereocenters. The Balaban J connectivity index is 1.72. The summed E-state index contributed by atoms with van der Waals surface area (Å²) in [5.74, 6) is 0. The first-order valence-corrected chi connectivity index (χ1v) is 10.4. The number of rotatable bonds is 6. The molecule has 1 N–H and O–H groups in total. The van der Waals surface area contributed by atoms with Crippen LogP contribution in [0, 0.1) is 6.92 Å². The van der Waals surface area contributed by atoms with Gasteiger partial charge in [-0.1, -0.05) is 53.6 Å². The van der Waals surface area contributed by atoms with Crippen molar-refractivity contribution in [3.8, 4) is 0 Å². The highest BCUT2D eigenvalue weighted by atomic mass is 35.5. The number of hydrogen-bond acceptors (Lipinski definition) is 2. The molecule has 2 atom stereocenters. The fraction of sp³-hybridized carbons (Fsp3) is 0.500. The van der Waals surface area contributed by atoms with Gasteiger partial charge in [0.05, 0.1) is 5.60 Å². The van der Waals surface area contributed by atoms with Gasteiger partial charge in [0.1, 0.15) is 0 Å². The van der Waals surface area contributed by atoms with Crippen molar-refractivity contribution in [1.82, 2.24) is 5.32 Å². The molecule has 2 nitrogen and oxygen atoms in total. The third-order valence-electron chi connectivity index (χ3n) is 5.93. The van der Waals surface area contributed by atoms with Crippen molar-refractivity contribution in [1.29, 1.82) is 0 Å². The minimum absolute atomic E-state index is 0.0784. The molecule has 0 saturated carbocycles. The van der Waals surface area contributed by atoms with E-state index in [4.69, 9.17) is 16.3 Å². The van der Waals surface area contributed by atoms with Gasteiger partial charge in [-0.05, 0) is 76.8 Å². The van der Waals surface area contributed by atoms with Gasteiger partial charge in [0.25, 0.3) is 0 Å². The predicted molar refractivity (Wildman–Crippen MR) is 115 cm³/mol. The molecule has 0 bridgehead atoms. The van der Waals surface area contributed by atoms with Gasteiger partial charge in [-0.25, -0.2) is 0 Å². The Labute approximate surface area is 169 Å². The van der Waals surface area contributed by atoms with Gasteiger partial charge in [0.15, 0.2) is 0 Å². The normalized spacial score (nSPS) is 23.1. The zero-order valence-electron chi connectivity index (χ0n) is 17.0.